The van der Waals surface area contributed by atoms with E-state index in [0.29, 0.717) is 30.2 Å². The Balaban J connectivity index is 1.19. The molecule has 2 aromatic carbocycles. The lowest BCUT2D eigenvalue weighted by Crippen LogP contribution is -2.47. The van der Waals surface area contributed by atoms with Gasteiger partial charge in [-0.3, -0.25) is 9.58 Å². The average Bonchev–Trinajstić information content (AvgIpc) is 3.20. The van der Waals surface area contributed by atoms with E-state index < -0.39 is 5.60 Å². The first-order valence-electron chi connectivity index (χ1n) is 11.0. The maximum Gasteiger partial charge on any atom is 0.120 e. The standard InChI is InChI=1S/C25H30ClN3O3/c1-20-16-27-29(17-20)13-14-31-23-7-5-21(6-8-23)18-28-11-9-25(30,10-12-28)19-32-24-4-2-3-22(26)15-24/h2-8,15-17,30H,9-14,18-19H2,1H3. The minimum absolute atomic E-state index is 0.283. The van der Waals surface area contributed by atoms with E-state index in [2.05, 4.69) is 22.1 Å². The SMILES string of the molecule is Cc1cnn(CCOc2ccc(CN3CCC(O)(COc4cccc(Cl)c4)CC3)cc2)c1. The Hall–Kier alpha value is -2.54. The van der Waals surface area contributed by atoms with Gasteiger partial charge in [-0.2, -0.15) is 5.10 Å². The Morgan fingerprint density at radius 3 is 2.53 bits per heavy atom. The van der Waals surface area contributed by atoms with Crippen LogP contribution in [0.3, 0.4) is 0 Å². The van der Waals surface area contributed by atoms with Crippen molar-refractivity contribution < 1.29 is 14.6 Å². The maximum atomic E-state index is 10.9. The second-order valence-electron chi connectivity index (χ2n) is 8.52. The number of rotatable bonds is 9. The number of nitrogens with zero attached hydrogens (tertiary/aromatic N) is 3. The Morgan fingerprint density at radius 2 is 1.84 bits per heavy atom. The van der Waals surface area contributed by atoms with Gasteiger partial charge in [-0.25, -0.2) is 0 Å². The smallest absolute Gasteiger partial charge is 0.120 e. The van der Waals surface area contributed by atoms with E-state index in [9.17, 15) is 5.11 Å². The first kappa shape index (κ1) is 22.6. The summed E-state index contributed by atoms with van der Waals surface area (Å²) in [6.07, 6.45) is 5.22. The van der Waals surface area contributed by atoms with Gasteiger partial charge in [0.05, 0.1) is 12.7 Å². The largest absolute Gasteiger partial charge is 0.492 e. The third-order valence-electron chi connectivity index (χ3n) is 5.77. The molecule has 1 N–H and O–H groups in total. The van der Waals surface area contributed by atoms with Crippen LogP contribution in [0.5, 0.6) is 11.5 Å². The van der Waals surface area contributed by atoms with E-state index in [-0.39, 0.29) is 6.61 Å². The van der Waals surface area contributed by atoms with Crippen molar-refractivity contribution in [1.29, 1.82) is 0 Å². The number of hydrogen-bond donors (Lipinski definition) is 1. The van der Waals surface area contributed by atoms with Crippen LogP contribution in [0, 0.1) is 6.92 Å². The van der Waals surface area contributed by atoms with Crippen molar-refractivity contribution in [3.63, 3.8) is 0 Å². The number of benzene rings is 2. The molecule has 0 aliphatic carbocycles. The van der Waals surface area contributed by atoms with Gasteiger partial charge in [-0.05, 0) is 61.2 Å². The number of aliphatic hydroxyl groups is 1. The molecule has 2 heterocycles. The second-order valence-corrected chi connectivity index (χ2v) is 8.96. The predicted molar refractivity (Wildman–Crippen MR) is 125 cm³/mol. The molecule has 4 rings (SSSR count). The molecule has 0 unspecified atom stereocenters. The van der Waals surface area contributed by atoms with Crippen LogP contribution in [0.2, 0.25) is 5.02 Å². The number of halogens is 1. The van der Waals surface area contributed by atoms with Gasteiger partial charge >= 0.3 is 0 Å². The minimum atomic E-state index is -0.802. The predicted octanol–water partition coefficient (Wildman–Crippen LogP) is 4.33. The monoisotopic (exact) mass is 455 g/mol. The zero-order valence-electron chi connectivity index (χ0n) is 18.4. The minimum Gasteiger partial charge on any atom is -0.492 e. The lowest BCUT2D eigenvalue weighted by molar-refractivity contribution is -0.0537. The van der Waals surface area contributed by atoms with Gasteiger partial charge in [-0.1, -0.05) is 29.8 Å². The lowest BCUT2D eigenvalue weighted by Gasteiger charge is -2.38. The zero-order chi connectivity index (χ0) is 22.4. The number of piperidine rings is 1. The van der Waals surface area contributed by atoms with E-state index in [1.54, 1.807) is 6.07 Å². The molecule has 7 heteroatoms. The van der Waals surface area contributed by atoms with E-state index >= 15 is 0 Å². The molecule has 170 valence electrons. The van der Waals surface area contributed by atoms with Gasteiger partial charge in [0.2, 0.25) is 0 Å². The fourth-order valence-corrected chi connectivity index (χ4v) is 4.02. The van der Waals surface area contributed by atoms with Crippen LogP contribution < -0.4 is 9.47 Å². The highest BCUT2D eigenvalue weighted by Crippen LogP contribution is 2.26. The van der Waals surface area contributed by atoms with Crippen molar-refractivity contribution in [2.45, 2.75) is 38.5 Å². The van der Waals surface area contributed by atoms with E-state index in [0.717, 1.165) is 37.5 Å². The zero-order valence-corrected chi connectivity index (χ0v) is 19.2. The summed E-state index contributed by atoms with van der Waals surface area (Å²) in [6.45, 7) is 6.15. The Labute approximate surface area is 194 Å². The number of aryl methyl sites for hydroxylation is 1. The molecule has 1 aromatic heterocycles. The summed E-state index contributed by atoms with van der Waals surface area (Å²) in [4.78, 5) is 2.36. The molecule has 0 spiro atoms. The first-order chi connectivity index (χ1) is 15.5. The van der Waals surface area contributed by atoms with E-state index in [1.165, 1.54) is 5.56 Å². The van der Waals surface area contributed by atoms with Gasteiger partial charge in [0.1, 0.15) is 30.3 Å². The van der Waals surface area contributed by atoms with Gasteiger partial charge < -0.3 is 14.6 Å². The van der Waals surface area contributed by atoms with Crippen molar-refractivity contribution in [3.05, 3.63) is 77.1 Å². The van der Waals surface area contributed by atoms with Gasteiger partial charge in [-0.15, -0.1) is 0 Å². The fraction of sp³-hybridized carbons (Fsp3) is 0.400. The molecule has 0 atom stereocenters. The molecular weight excluding hydrogens is 426 g/mol. The van der Waals surface area contributed by atoms with Crippen LogP contribution in [0.15, 0.2) is 60.9 Å². The maximum absolute atomic E-state index is 10.9. The molecule has 3 aromatic rings. The fourth-order valence-electron chi connectivity index (χ4n) is 3.84. The summed E-state index contributed by atoms with van der Waals surface area (Å²) in [5, 5.41) is 15.8. The van der Waals surface area contributed by atoms with Crippen LogP contribution in [0.4, 0.5) is 0 Å². The summed E-state index contributed by atoms with van der Waals surface area (Å²) in [5.74, 6) is 1.55. The van der Waals surface area contributed by atoms with Crippen molar-refractivity contribution in [3.8, 4) is 11.5 Å². The van der Waals surface area contributed by atoms with Crippen molar-refractivity contribution in [2.75, 3.05) is 26.3 Å². The van der Waals surface area contributed by atoms with Gasteiger partial charge in [0.15, 0.2) is 0 Å². The molecule has 0 saturated carbocycles. The Morgan fingerprint density at radius 1 is 1.06 bits per heavy atom. The number of ether oxygens (including phenoxy) is 2. The molecule has 1 saturated heterocycles. The van der Waals surface area contributed by atoms with Crippen LogP contribution in [0.25, 0.3) is 0 Å². The van der Waals surface area contributed by atoms with Crippen molar-refractivity contribution in [1.82, 2.24) is 14.7 Å². The summed E-state index contributed by atoms with van der Waals surface area (Å²) in [7, 11) is 0. The molecule has 0 bridgehead atoms. The third-order valence-corrected chi connectivity index (χ3v) is 6.01. The van der Waals surface area contributed by atoms with Crippen LogP contribution >= 0.6 is 11.6 Å². The molecule has 1 aliphatic rings. The third kappa shape index (κ3) is 6.48. The van der Waals surface area contributed by atoms with E-state index in [4.69, 9.17) is 21.1 Å². The Bertz CT molecular complexity index is 998. The molecule has 1 aliphatic heterocycles. The topological polar surface area (TPSA) is 59.8 Å². The molecule has 0 radical (unpaired) electrons. The summed E-state index contributed by atoms with van der Waals surface area (Å²) in [5.41, 5.74) is 1.59. The first-order valence-corrected chi connectivity index (χ1v) is 11.4. The molecule has 0 amide bonds. The van der Waals surface area contributed by atoms with Crippen LogP contribution in [0.1, 0.15) is 24.0 Å². The van der Waals surface area contributed by atoms with E-state index in [1.807, 2.05) is 54.3 Å². The highest BCUT2D eigenvalue weighted by Gasteiger charge is 2.33. The van der Waals surface area contributed by atoms with Crippen LogP contribution in [-0.2, 0) is 13.1 Å². The highest BCUT2D eigenvalue weighted by atomic mass is 35.5. The number of likely N-dealkylation sites (tertiary alicyclic amines) is 1. The van der Waals surface area contributed by atoms with Gasteiger partial charge in [0.25, 0.3) is 0 Å². The normalized spacial score (nSPS) is 16.1. The number of hydrogen-bond acceptors (Lipinski definition) is 5. The lowest BCUT2D eigenvalue weighted by atomic mass is 9.92. The highest BCUT2D eigenvalue weighted by molar-refractivity contribution is 6.30. The molecule has 6 nitrogen and oxygen atoms in total. The molecule has 1 fully saturated rings. The summed E-state index contributed by atoms with van der Waals surface area (Å²) in [6, 6.07) is 15.5. The van der Waals surface area contributed by atoms with Crippen molar-refractivity contribution >= 4 is 11.6 Å². The van der Waals surface area contributed by atoms with Gasteiger partial charge in [0, 0.05) is 30.9 Å². The Kier molecular flexibility index (Phi) is 7.35. The summed E-state index contributed by atoms with van der Waals surface area (Å²) >= 11 is 6.00. The number of aromatic nitrogens is 2. The average molecular weight is 456 g/mol. The van der Waals surface area contributed by atoms with Crippen molar-refractivity contribution in [2.24, 2.45) is 0 Å². The van der Waals surface area contributed by atoms with Crippen LogP contribution in [-0.4, -0.2) is 51.7 Å². The summed E-state index contributed by atoms with van der Waals surface area (Å²) < 4.78 is 13.5. The quantitative estimate of drug-likeness (QED) is 0.520. The molecular formula is C25H30ClN3O3. The molecule has 32 heavy (non-hydrogen) atoms. The second kappa shape index (κ2) is 10.4.